The molecule has 0 aromatic heterocycles. The molecule has 0 bridgehead atoms. The lowest BCUT2D eigenvalue weighted by molar-refractivity contribution is 0.250. The third-order valence-corrected chi connectivity index (χ3v) is 3.38. The fraction of sp³-hybridized carbons (Fsp3) is 0.600. The lowest BCUT2D eigenvalue weighted by Gasteiger charge is -2.17. The van der Waals surface area contributed by atoms with Gasteiger partial charge in [0.15, 0.2) is 11.5 Å². The normalized spacial score (nSPS) is 12.6. The number of rotatable bonds is 8. The number of nitrogens with zero attached hydrogens (tertiary/aromatic N) is 1. The summed E-state index contributed by atoms with van der Waals surface area (Å²) in [6, 6.07) is 3.99. The molecule has 0 aliphatic rings. The first-order valence-corrected chi connectivity index (χ1v) is 7.25. The molecule has 1 rings (SSSR count). The molecule has 4 nitrogen and oxygen atoms in total. The molecular formula is C15H25ClN2O2. The zero-order chi connectivity index (χ0) is 15.1. The highest BCUT2D eigenvalue weighted by Crippen LogP contribution is 2.36. The van der Waals surface area contributed by atoms with Gasteiger partial charge in [-0.15, -0.1) is 0 Å². The van der Waals surface area contributed by atoms with E-state index in [9.17, 15) is 0 Å². The van der Waals surface area contributed by atoms with Crippen LogP contribution in [0.15, 0.2) is 12.1 Å². The molecule has 0 amide bonds. The second kappa shape index (κ2) is 8.35. The van der Waals surface area contributed by atoms with Gasteiger partial charge in [0.25, 0.3) is 0 Å². The lowest BCUT2D eigenvalue weighted by atomic mass is 10.0. The van der Waals surface area contributed by atoms with Gasteiger partial charge < -0.3 is 20.1 Å². The summed E-state index contributed by atoms with van der Waals surface area (Å²) in [5.74, 6) is 1.26. The number of hydrogen-bond donors (Lipinski definition) is 1. The molecule has 0 saturated carbocycles. The topological polar surface area (TPSA) is 47.7 Å². The number of hydrogen-bond acceptors (Lipinski definition) is 4. The third-order valence-electron chi connectivity index (χ3n) is 3.10. The highest BCUT2D eigenvalue weighted by atomic mass is 35.5. The molecule has 0 radical (unpaired) electrons. The van der Waals surface area contributed by atoms with Crippen molar-refractivity contribution >= 4 is 11.6 Å². The predicted octanol–water partition coefficient (Wildman–Crippen LogP) is 2.57. The van der Waals surface area contributed by atoms with Crippen LogP contribution in [0.3, 0.4) is 0 Å². The Balaban J connectivity index is 2.84. The van der Waals surface area contributed by atoms with Crippen LogP contribution in [0.4, 0.5) is 0 Å². The molecule has 1 unspecified atom stereocenters. The first kappa shape index (κ1) is 17.1. The Hall–Kier alpha value is -0.970. The minimum Gasteiger partial charge on any atom is -0.493 e. The smallest absolute Gasteiger partial charge is 0.179 e. The number of benzene rings is 1. The first-order valence-electron chi connectivity index (χ1n) is 6.87. The van der Waals surface area contributed by atoms with Gasteiger partial charge in [0.1, 0.15) is 6.61 Å². The van der Waals surface area contributed by atoms with Gasteiger partial charge in [-0.05, 0) is 44.6 Å². The summed E-state index contributed by atoms with van der Waals surface area (Å²) in [4.78, 5) is 2.05. The summed E-state index contributed by atoms with van der Waals surface area (Å²) in [6.45, 7) is 3.46. The summed E-state index contributed by atoms with van der Waals surface area (Å²) in [7, 11) is 5.61. The van der Waals surface area contributed by atoms with Crippen molar-refractivity contribution in [3.63, 3.8) is 0 Å². The van der Waals surface area contributed by atoms with Gasteiger partial charge in [-0.3, -0.25) is 0 Å². The van der Waals surface area contributed by atoms with Crippen LogP contribution in [-0.2, 0) is 6.42 Å². The van der Waals surface area contributed by atoms with Crippen molar-refractivity contribution in [1.82, 2.24) is 4.90 Å². The Morgan fingerprint density at radius 3 is 2.60 bits per heavy atom. The maximum Gasteiger partial charge on any atom is 0.179 e. The van der Waals surface area contributed by atoms with Gasteiger partial charge in [0.2, 0.25) is 0 Å². The third kappa shape index (κ3) is 5.19. The van der Waals surface area contributed by atoms with E-state index in [1.165, 1.54) is 0 Å². The number of methoxy groups -OCH3 is 1. The van der Waals surface area contributed by atoms with Gasteiger partial charge in [-0.25, -0.2) is 0 Å². The van der Waals surface area contributed by atoms with Crippen LogP contribution in [0.1, 0.15) is 18.9 Å². The molecule has 0 aliphatic heterocycles. The van der Waals surface area contributed by atoms with E-state index < -0.39 is 0 Å². The van der Waals surface area contributed by atoms with Gasteiger partial charge in [-0.2, -0.15) is 0 Å². The molecule has 2 N–H and O–H groups in total. The molecule has 0 fully saturated rings. The summed E-state index contributed by atoms with van der Waals surface area (Å²) in [5, 5.41) is 0.571. The highest BCUT2D eigenvalue weighted by Gasteiger charge is 2.13. The van der Waals surface area contributed by atoms with E-state index in [-0.39, 0.29) is 6.04 Å². The van der Waals surface area contributed by atoms with Crippen LogP contribution in [0.2, 0.25) is 5.02 Å². The average molecular weight is 301 g/mol. The van der Waals surface area contributed by atoms with Crippen LogP contribution < -0.4 is 15.2 Å². The van der Waals surface area contributed by atoms with Gasteiger partial charge in [0.05, 0.1) is 12.1 Å². The van der Waals surface area contributed by atoms with Crippen molar-refractivity contribution in [2.24, 2.45) is 5.73 Å². The maximum atomic E-state index is 6.30. The van der Waals surface area contributed by atoms with Crippen molar-refractivity contribution in [2.45, 2.75) is 25.8 Å². The van der Waals surface area contributed by atoms with Crippen LogP contribution in [-0.4, -0.2) is 45.3 Å². The summed E-state index contributed by atoms with van der Waals surface area (Å²) >= 11 is 6.30. The number of ether oxygens (including phenoxy) is 2. The summed E-state index contributed by atoms with van der Waals surface area (Å²) in [5.41, 5.74) is 7.05. The van der Waals surface area contributed by atoms with E-state index in [1.807, 2.05) is 26.2 Å². The quantitative estimate of drug-likeness (QED) is 0.801. The minimum atomic E-state index is 0.135. The average Bonchev–Trinajstić information content (AvgIpc) is 2.40. The number of nitrogens with two attached hydrogens (primary N) is 1. The molecule has 5 heteroatoms. The lowest BCUT2D eigenvalue weighted by Crippen LogP contribution is -2.21. The van der Waals surface area contributed by atoms with Gasteiger partial charge in [-0.1, -0.05) is 18.5 Å². The van der Waals surface area contributed by atoms with Gasteiger partial charge in [0, 0.05) is 12.6 Å². The van der Waals surface area contributed by atoms with E-state index in [4.69, 9.17) is 26.8 Å². The molecule has 1 aromatic rings. The van der Waals surface area contributed by atoms with E-state index in [0.717, 1.165) is 24.9 Å². The molecule has 0 aliphatic carbocycles. The molecule has 20 heavy (non-hydrogen) atoms. The van der Waals surface area contributed by atoms with Crippen molar-refractivity contribution < 1.29 is 9.47 Å². The fourth-order valence-electron chi connectivity index (χ4n) is 1.81. The van der Waals surface area contributed by atoms with E-state index >= 15 is 0 Å². The Morgan fingerprint density at radius 2 is 2.05 bits per heavy atom. The predicted molar refractivity (Wildman–Crippen MR) is 84.0 cm³/mol. The van der Waals surface area contributed by atoms with Crippen molar-refractivity contribution in [3.8, 4) is 11.5 Å². The zero-order valence-electron chi connectivity index (χ0n) is 12.8. The molecular weight excluding hydrogens is 276 g/mol. The van der Waals surface area contributed by atoms with Crippen LogP contribution in [0.25, 0.3) is 0 Å². The Kier molecular flexibility index (Phi) is 7.13. The monoisotopic (exact) mass is 300 g/mol. The van der Waals surface area contributed by atoms with Crippen LogP contribution in [0.5, 0.6) is 11.5 Å². The second-order valence-electron chi connectivity index (χ2n) is 5.13. The fourth-order valence-corrected chi connectivity index (χ4v) is 2.10. The molecule has 0 spiro atoms. The van der Waals surface area contributed by atoms with E-state index in [0.29, 0.717) is 23.1 Å². The van der Waals surface area contributed by atoms with Crippen molar-refractivity contribution in [1.29, 1.82) is 0 Å². The maximum absolute atomic E-state index is 6.30. The number of halogens is 1. The number of likely N-dealkylation sites (N-methyl/N-ethyl adjacent to an activating group) is 1. The Bertz CT molecular complexity index is 425. The molecule has 0 saturated heterocycles. The largest absolute Gasteiger partial charge is 0.493 e. The van der Waals surface area contributed by atoms with Crippen LogP contribution in [0, 0.1) is 0 Å². The molecule has 114 valence electrons. The molecule has 1 atom stereocenters. The minimum absolute atomic E-state index is 0.135. The van der Waals surface area contributed by atoms with Crippen molar-refractivity contribution in [3.05, 3.63) is 22.7 Å². The molecule has 0 heterocycles. The van der Waals surface area contributed by atoms with Gasteiger partial charge >= 0.3 is 0 Å². The second-order valence-corrected chi connectivity index (χ2v) is 5.54. The SMILES string of the molecule is CCC(N)Cc1cc(Cl)c(OCCN(C)C)c(OC)c1. The Morgan fingerprint density at radius 1 is 1.35 bits per heavy atom. The molecule has 1 aromatic carbocycles. The van der Waals surface area contributed by atoms with E-state index in [1.54, 1.807) is 7.11 Å². The van der Waals surface area contributed by atoms with Crippen molar-refractivity contribution in [2.75, 3.05) is 34.4 Å². The summed E-state index contributed by atoms with van der Waals surface area (Å²) in [6.07, 6.45) is 1.71. The standard InChI is InChI=1S/C15H25ClN2O2/c1-5-12(17)8-11-9-13(16)15(14(10-11)19-4)20-7-6-18(2)3/h9-10,12H,5-8,17H2,1-4H3. The Labute approximate surface area is 126 Å². The van der Waals surface area contributed by atoms with E-state index in [2.05, 4.69) is 11.8 Å². The highest BCUT2D eigenvalue weighted by molar-refractivity contribution is 6.32. The van der Waals surface area contributed by atoms with Crippen LogP contribution >= 0.6 is 11.6 Å². The zero-order valence-corrected chi connectivity index (χ0v) is 13.5. The first-order chi connectivity index (χ1) is 9.47. The summed E-state index contributed by atoms with van der Waals surface area (Å²) < 4.78 is 11.1.